The van der Waals surface area contributed by atoms with Crippen LogP contribution in [-0.4, -0.2) is 40.8 Å². The number of aliphatic imine (C=N–C) groups is 1. The highest BCUT2D eigenvalue weighted by Crippen LogP contribution is 2.25. The maximum absolute atomic E-state index is 14.0. The summed E-state index contributed by atoms with van der Waals surface area (Å²) in [5.74, 6) is -2.22. The lowest BCUT2D eigenvalue weighted by Crippen LogP contribution is -2.30. The highest BCUT2D eigenvalue weighted by atomic mass is 35.5. The minimum Gasteiger partial charge on any atom is -0.369 e. The molecule has 2 rings (SSSR count). The number of carbonyl (C=O) groups is 1. The Morgan fingerprint density at radius 3 is 2.52 bits per heavy atom. The molecule has 0 fully saturated rings. The quantitative estimate of drug-likeness (QED) is 0.626. The summed E-state index contributed by atoms with van der Waals surface area (Å²) in [4.78, 5) is 33.1. The van der Waals surface area contributed by atoms with Gasteiger partial charge in [0.15, 0.2) is 11.6 Å². The summed E-state index contributed by atoms with van der Waals surface area (Å²) in [5, 5.41) is 0.0917. The molecule has 0 unspecified atom stereocenters. The van der Waals surface area contributed by atoms with E-state index in [0.717, 1.165) is 0 Å². The smallest absolute Gasteiger partial charge is 0.356 e. The van der Waals surface area contributed by atoms with Crippen LogP contribution in [0.2, 0.25) is 10.0 Å². The summed E-state index contributed by atoms with van der Waals surface area (Å²) < 4.78 is 14.5. The molecule has 120 valence electrons. The highest BCUT2D eigenvalue weighted by Gasteiger charge is 2.20. The van der Waals surface area contributed by atoms with E-state index in [0.29, 0.717) is 10.8 Å². The van der Waals surface area contributed by atoms with Crippen molar-refractivity contribution in [2.45, 2.75) is 0 Å². The van der Waals surface area contributed by atoms with Crippen molar-refractivity contribution in [2.75, 3.05) is 14.1 Å². The van der Waals surface area contributed by atoms with Crippen LogP contribution in [0.5, 0.6) is 0 Å². The zero-order valence-electron chi connectivity index (χ0n) is 12.1. The van der Waals surface area contributed by atoms with Crippen LogP contribution in [0.1, 0.15) is 10.4 Å². The molecule has 9 heteroatoms. The number of halogens is 3. The molecule has 0 spiro atoms. The lowest BCUT2D eigenvalue weighted by Gasteiger charge is -2.08. The second-order valence-electron chi connectivity index (χ2n) is 4.68. The molecule has 0 atom stereocenters. The van der Waals surface area contributed by atoms with Gasteiger partial charge in [0.05, 0.1) is 28.1 Å². The number of aromatic nitrogens is 2. The first-order valence-corrected chi connectivity index (χ1v) is 7.05. The van der Waals surface area contributed by atoms with E-state index in [1.165, 1.54) is 18.5 Å². The third kappa shape index (κ3) is 3.75. The Labute approximate surface area is 140 Å². The molecule has 0 aliphatic carbocycles. The van der Waals surface area contributed by atoms with Crippen molar-refractivity contribution >= 4 is 41.3 Å². The average Bonchev–Trinajstić information content (AvgIpc) is 2.47. The van der Waals surface area contributed by atoms with E-state index in [4.69, 9.17) is 23.2 Å². The molecule has 1 aromatic carbocycles. The van der Waals surface area contributed by atoms with Gasteiger partial charge in [0.2, 0.25) is 0 Å². The van der Waals surface area contributed by atoms with Gasteiger partial charge in [-0.05, 0) is 12.1 Å². The van der Waals surface area contributed by atoms with Crippen molar-refractivity contribution in [2.24, 2.45) is 4.99 Å². The second-order valence-corrected chi connectivity index (χ2v) is 5.49. The minimum atomic E-state index is -0.988. The summed E-state index contributed by atoms with van der Waals surface area (Å²) in [7, 11) is 3.34. The summed E-state index contributed by atoms with van der Waals surface area (Å²) in [6, 6.07) is 4.42. The molecule has 0 N–H and O–H groups in total. The Bertz CT molecular complexity index is 829. The maximum Gasteiger partial charge on any atom is 0.356 e. The van der Waals surface area contributed by atoms with E-state index in [2.05, 4.69) is 9.98 Å². The molecule has 2 aromatic rings. The van der Waals surface area contributed by atoms with Crippen LogP contribution in [0.3, 0.4) is 0 Å². The molecule has 0 amide bonds. The van der Waals surface area contributed by atoms with E-state index in [1.54, 1.807) is 25.1 Å². The van der Waals surface area contributed by atoms with Gasteiger partial charge in [-0.2, -0.15) is 4.98 Å². The fourth-order valence-electron chi connectivity index (χ4n) is 1.65. The van der Waals surface area contributed by atoms with Gasteiger partial charge in [0, 0.05) is 14.1 Å². The summed E-state index contributed by atoms with van der Waals surface area (Å²) in [6.45, 7) is 0. The van der Waals surface area contributed by atoms with E-state index in [-0.39, 0.29) is 15.6 Å². The summed E-state index contributed by atoms with van der Waals surface area (Å²) >= 11 is 11.8. The standard InChI is InChI=1S/C14H11Cl2FN4O2/c1-20(2)7-18-12-10(17)6-21(14(23)19-12)13(22)11-8(15)4-3-5-9(11)16/h3-7H,1-2H3/b18-7+. The van der Waals surface area contributed by atoms with E-state index >= 15 is 0 Å². The predicted octanol–water partition coefficient (Wildman–Crippen LogP) is 2.60. The minimum absolute atomic E-state index is 0.0458. The molecule has 23 heavy (non-hydrogen) atoms. The number of carbonyl (C=O) groups excluding carboxylic acids is 1. The Balaban J connectivity index is 2.51. The molecule has 0 aliphatic heterocycles. The molecular formula is C14H11Cl2FN4O2. The van der Waals surface area contributed by atoms with Crippen molar-refractivity contribution in [3.63, 3.8) is 0 Å². The van der Waals surface area contributed by atoms with Gasteiger partial charge >= 0.3 is 5.69 Å². The molecule has 0 saturated carbocycles. The number of hydrogen-bond acceptors (Lipinski definition) is 4. The van der Waals surface area contributed by atoms with Crippen LogP contribution in [0.25, 0.3) is 0 Å². The van der Waals surface area contributed by atoms with Crippen LogP contribution in [0, 0.1) is 5.82 Å². The van der Waals surface area contributed by atoms with Gasteiger partial charge < -0.3 is 4.90 Å². The Morgan fingerprint density at radius 2 is 1.96 bits per heavy atom. The van der Waals surface area contributed by atoms with Gasteiger partial charge in [-0.25, -0.2) is 18.7 Å². The number of nitrogens with zero attached hydrogens (tertiary/aromatic N) is 4. The summed E-state index contributed by atoms with van der Waals surface area (Å²) in [6.07, 6.45) is 1.99. The van der Waals surface area contributed by atoms with Gasteiger partial charge in [-0.3, -0.25) is 4.79 Å². The van der Waals surface area contributed by atoms with Crippen LogP contribution < -0.4 is 5.69 Å². The van der Waals surface area contributed by atoms with Crippen LogP contribution in [0.15, 0.2) is 34.2 Å². The number of hydrogen-bond donors (Lipinski definition) is 0. The van der Waals surface area contributed by atoms with Crippen LogP contribution >= 0.6 is 23.2 Å². The van der Waals surface area contributed by atoms with Gasteiger partial charge in [-0.1, -0.05) is 29.3 Å². The maximum atomic E-state index is 14.0. The largest absolute Gasteiger partial charge is 0.369 e. The van der Waals surface area contributed by atoms with Crippen molar-refractivity contribution in [3.05, 3.63) is 56.3 Å². The molecule has 6 nitrogen and oxygen atoms in total. The predicted molar refractivity (Wildman–Crippen MR) is 86.5 cm³/mol. The Morgan fingerprint density at radius 1 is 1.35 bits per heavy atom. The highest BCUT2D eigenvalue weighted by molar-refractivity contribution is 6.39. The topological polar surface area (TPSA) is 67.6 Å². The van der Waals surface area contributed by atoms with E-state index in [9.17, 15) is 14.0 Å². The molecular weight excluding hydrogens is 346 g/mol. The molecule has 1 aromatic heterocycles. The van der Waals surface area contributed by atoms with Gasteiger partial charge in [-0.15, -0.1) is 0 Å². The first kappa shape index (κ1) is 17.1. The first-order chi connectivity index (χ1) is 10.8. The fourth-order valence-corrected chi connectivity index (χ4v) is 2.21. The van der Waals surface area contributed by atoms with Gasteiger partial charge in [0.25, 0.3) is 5.91 Å². The molecule has 0 saturated heterocycles. The zero-order chi connectivity index (χ0) is 17.1. The molecule has 1 heterocycles. The Kier molecular flexibility index (Phi) is 5.12. The Hall–Kier alpha value is -2.25. The first-order valence-electron chi connectivity index (χ1n) is 6.29. The van der Waals surface area contributed by atoms with E-state index < -0.39 is 23.2 Å². The zero-order valence-corrected chi connectivity index (χ0v) is 13.6. The average molecular weight is 357 g/mol. The molecule has 0 aliphatic rings. The van der Waals surface area contributed by atoms with E-state index in [1.807, 2.05) is 0 Å². The third-order valence-corrected chi connectivity index (χ3v) is 3.30. The number of rotatable bonds is 3. The van der Waals surface area contributed by atoms with Crippen molar-refractivity contribution in [1.82, 2.24) is 14.5 Å². The lowest BCUT2D eigenvalue weighted by molar-refractivity contribution is 0.0953. The number of benzene rings is 1. The lowest BCUT2D eigenvalue weighted by atomic mass is 10.2. The van der Waals surface area contributed by atoms with Crippen molar-refractivity contribution < 1.29 is 9.18 Å². The SMILES string of the molecule is CN(C)/C=N/c1nc(=O)n(C(=O)c2c(Cl)cccc2Cl)cc1F. The third-order valence-electron chi connectivity index (χ3n) is 2.67. The van der Waals surface area contributed by atoms with Crippen LogP contribution in [-0.2, 0) is 0 Å². The van der Waals surface area contributed by atoms with Crippen molar-refractivity contribution in [1.29, 1.82) is 0 Å². The normalized spacial score (nSPS) is 11.0. The second kappa shape index (κ2) is 6.89. The van der Waals surface area contributed by atoms with Crippen molar-refractivity contribution in [3.8, 4) is 0 Å². The summed E-state index contributed by atoms with van der Waals surface area (Å²) in [5.41, 5.74) is -1.10. The molecule has 0 radical (unpaired) electrons. The van der Waals surface area contributed by atoms with Crippen LogP contribution in [0.4, 0.5) is 10.2 Å². The monoisotopic (exact) mass is 356 g/mol. The fraction of sp³-hybridized carbons (Fsp3) is 0.143. The van der Waals surface area contributed by atoms with Gasteiger partial charge in [0.1, 0.15) is 0 Å². The molecule has 0 bridgehead atoms.